The van der Waals surface area contributed by atoms with Gasteiger partial charge >= 0.3 is 0 Å². The van der Waals surface area contributed by atoms with E-state index in [2.05, 4.69) is 15.7 Å². The molecule has 0 fully saturated rings. The largest absolute Gasteiger partial charge is 0.480 e. The molecule has 0 aliphatic rings. The predicted molar refractivity (Wildman–Crippen MR) is 90.9 cm³/mol. The molecular weight excluding hydrogens is 310 g/mol. The number of aromatic nitrogens is 2. The van der Waals surface area contributed by atoms with Crippen molar-refractivity contribution >= 4 is 22.9 Å². The molecular formula is C17H17N3O2S. The van der Waals surface area contributed by atoms with Crippen LogP contribution in [-0.2, 0) is 4.79 Å². The maximum atomic E-state index is 12.5. The molecule has 0 radical (unpaired) electrons. The Labute approximate surface area is 138 Å². The van der Waals surface area contributed by atoms with E-state index in [-0.39, 0.29) is 11.9 Å². The minimum absolute atomic E-state index is 0.0288. The Balaban J connectivity index is 1.77. The van der Waals surface area contributed by atoms with Crippen LogP contribution >= 0.6 is 11.3 Å². The molecule has 0 bridgehead atoms. The standard InChI is InChI=1S/C17H17N3O2S/c1-22-17-14(5-4-7-18-17)19-16(21)11-15(13-6-10-23-12-13)20-8-2-3-9-20/h2-10,12,15H,11H2,1H3,(H,19,21)/t15-/m0/s1. The summed E-state index contributed by atoms with van der Waals surface area (Å²) in [6.07, 6.45) is 5.91. The summed E-state index contributed by atoms with van der Waals surface area (Å²) in [5.74, 6) is 0.329. The van der Waals surface area contributed by atoms with Crippen molar-refractivity contribution in [3.05, 3.63) is 65.2 Å². The Hall–Kier alpha value is -2.60. The zero-order chi connectivity index (χ0) is 16.1. The molecule has 1 atom stereocenters. The smallest absolute Gasteiger partial charge is 0.237 e. The van der Waals surface area contributed by atoms with Crippen LogP contribution in [0.1, 0.15) is 18.0 Å². The molecule has 3 heterocycles. The molecule has 0 unspecified atom stereocenters. The average molecular weight is 327 g/mol. The number of hydrogen-bond donors (Lipinski definition) is 1. The number of rotatable bonds is 6. The van der Waals surface area contributed by atoms with Crippen molar-refractivity contribution in [2.45, 2.75) is 12.5 Å². The Morgan fingerprint density at radius 2 is 2.17 bits per heavy atom. The van der Waals surface area contributed by atoms with Crippen molar-refractivity contribution in [2.24, 2.45) is 0 Å². The fourth-order valence-electron chi connectivity index (χ4n) is 2.44. The van der Waals surface area contributed by atoms with Gasteiger partial charge < -0.3 is 14.6 Å². The molecule has 0 aliphatic carbocycles. The molecule has 1 amide bonds. The minimum atomic E-state index is -0.0822. The zero-order valence-electron chi connectivity index (χ0n) is 12.7. The molecule has 0 aromatic carbocycles. The molecule has 0 saturated heterocycles. The molecule has 6 heteroatoms. The number of thiophene rings is 1. The summed E-state index contributed by atoms with van der Waals surface area (Å²) in [6.45, 7) is 0. The number of carbonyl (C=O) groups is 1. The van der Waals surface area contributed by atoms with Crippen molar-refractivity contribution < 1.29 is 9.53 Å². The van der Waals surface area contributed by atoms with Crippen LogP contribution in [0.2, 0.25) is 0 Å². The molecule has 3 rings (SSSR count). The first-order valence-electron chi connectivity index (χ1n) is 7.21. The number of methoxy groups -OCH3 is 1. The summed E-state index contributed by atoms with van der Waals surface area (Å²) in [5, 5.41) is 6.97. The van der Waals surface area contributed by atoms with Crippen LogP contribution in [0.15, 0.2) is 59.7 Å². The summed E-state index contributed by atoms with van der Waals surface area (Å²) >= 11 is 1.63. The third kappa shape index (κ3) is 3.60. The molecule has 5 nitrogen and oxygen atoms in total. The van der Waals surface area contributed by atoms with E-state index in [0.717, 1.165) is 5.56 Å². The lowest BCUT2D eigenvalue weighted by Gasteiger charge is -2.18. The number of ether oxygens (including phenoxy) is 1. The maximum Gasteiger partial charge on any atom is 0.237 e. The SMILES string of the molecule is COc1ncccc1NC(=O)C[C@@H](c1ccsc1)n1cccc1. The van der Waals surface area contributed by atoms with Gasteiger partial charge in [-0.1, -0.05) is 0 Å². The first kappa shape index (κ1) is 15.3. The van der Waals surface area contributed by atoms with Crippen molar-refractivity contribution in [1.82, 2.24) is 9.55 Å². The van der Waals surface area contributed by atoms with Gasteiger partial charge in [0, 0.05) is 18.6 Å². The van der Waals surface area contributed by atoms with Gasteiger partial charge in [-0.05, 0) is 46.7 Å². The quantitative estimate of drug-likeness (QED) is 0.753. The van der Waals surface area contributed by atoms with Crippen LogP contribution < -0.4 is 10.1 Å². The second-order valence-electron chi connectivity index (χ2n) is 5.02. The number of nitrogens with zero attached hydrogens (tertiary/aromatic N) is 2. The number of anilines is 1. The fourth-order valence-corrected chi connectivity index (χ4v) is 3.15. The number of hydrogen-bond acceptors (Lipinski definition) is 4. The van der Waals surface area contributed by atoms with Crippen molar-refractivity contribution in [3.8, 4) is 5.88 Å². The van der Waals surface area contributed by atoms with Crippen LogP contribution in [0.5, 0.6) is 5.88 Å². The van der Waals surface area contributed by atoms with Crippen LogP contribution in [-0.4, -0.2) is 22.6 Å². The number of pyridine rings is 1. The summed E-state index contributed by atoms with van der Waals surface area (Å²) in [4.78, 5) is 16.6. The monoisotopic (exact) mass is 327 g/mol. The topological polar surface area (TPSA) is 56.1 Å². The summed E-state index contributed by atoms with van der Waals surface area (Å²) < 4.78 is 7.21. The number of nitrogens with one attached hydrogen (secondary N) is 1. The Bertz CT molecular complexity index is 720. The van der Waals surface area contributed by atoms with Gasteiger partial charge in [-0.25, -0.2) is 4.98 Å². The van der Waals surface area contributed by atoms with Gasteiger partial charge in [-0.2, -0.15) is 11.3 Å². The van der Waals surface area contributed by atoms with Crippen molar-refractivity contribution in [1.29, 1.82) is 0 Å². The van der Waals surface area contributed by atoms with E-state index < -0.39 is 0 Å². The number of amides is 1. The average Bonchev–Trinajstić information content (AvgIpc) is 3.27. The molecule has 3 aromatic heterocycles. The minimum Gasteiger partial charge on any atom is -0.480 e. The summed E-state index contributed by atoms with van der Waals surface area (Å²) in [6, 6.07) is 9.48. The van der Waals surface area contributed by atoms with Gasteiger partial charge in [0.15, 0.2) is 0 Å². The lowest BCUT2D eigenvalue weighted by Crippen LogP contribution is -2.19. The normalized spacial score (nSPS) is 11.9. The third-order valence-electron chi connectivity index (χ3n) is 3.53. The van der Waals surface area contributed by atoms with Crippen LogP contribution in [0.25, 0.3) is 0 Å². The summed E-state index contributed by atoms with van der Waals surface area (Å²) in [5.41, 5.74) is 1.70. The highest BCUT2D eigenvalue weighted by Gasteiger charge is 2.18. The molecule has 118 valence electrons. The Morgan fingerprint density at radius 3 is 2.87 bits per heavy atom. The van der Waals surface area contributed by atoms with Crippen molar-refractivity contribution in [2.75, 3.05) is 12.4 Å². The van der Waals surface area contributed by atoms with E-state index in [1.54, 1.807) is 29.7 Å². The predicted octanol–water partition coefficient (Wildman–Crippen LogP) is 3.57. The second-order valence-corrected chi connectivity index (χ2v) is 5.80. The molecule has 1 N–H and O–H groups in total. The first-order chi connectivity index (χ1) is 11.3. The third-order valence-corrected chi connectivity index (χ3v) is 4.23. The van der Waals surface area contributed by atoms with Crippen LogP contribution in [0, 0.1) is 0 Å². The van der Waals surface area contributed by atoms with E-state index in [9.17, 15) is 4.79 Å². The maximum absolute atomic E-state index is 12.5. The van der Waals surface area contributed by atoms with E-state index in [4.69, 9.17) is 4.74 Å². The van der Waals surface area contributed by atoms with Crippen LogP contribution in [0.4, 0.5) is 5.69 Å². The number of carbonyl (C=O) groups excluding carboxylic acids is 1. The van der Waals surface area contributed by atoms with E-state index in [0.29, 0.717) is 18.0 Å². The van der Waals surface area contributed by atoms with Crippen LogP contribution in [0.3, 0.4) is 0 Å². The highest BCUT2D eigenvalue weighted by Crippen LogP contribution is 2.26. The van der Waals surface area contributed by atoms with E-state index in [1.165, 1.54) is 7.11 Å². The Kier molecular flexibility index (Phi) is 4.73. The molecule has 3 aromatic rings. The highest BCUT2D eigenvalue weighted by molar-refractivity contribution is 7.08. The highest BCUT2D eigenvalue weighted by atomic mass is 32.1. The lowest BCUT2D eigenvalue weighted by atomic mass is 10.1. The second kappa shape index (κ2) is 7.11. The fraction of sp³-hybridized carbons (Fsp3) is 0.176. The van der Waals surface area contributed by atoms with Gasteiger partial charge in [-0.15, -0.1) is 0 Å². The van der Waals surface area contributed by atoms with Gasteiger partial charge in [0.2, 0.25) is 11.8 Å². The first-order valence-corrected chi connectivity index (χ1v) is 8.15. The van der Waals surface area contributed by atoms with E-state index in [1.807, 2.05) is 40.5 Å². The Morgan fingerprint density at radius 1 is 1.35 bits per heavy atom. The van der Waals surface area contributed by atoms with Gasteiger partial charge in [0.25, 0.3) is 0 Å². The zero-order valence-corrected chi connectivity index (χ0v) is 13.5. The van der Waals surface area contributed by atoms with Crippen molar-refractivity contribution in [3.63, 3.8) is 0 Å². The van der Waals surface area contributed by atoms with E-state index >= 15 is 0 Å². The van der Waals surface area contributed by atoms with Gasteiger partial charge in [0.05, 0.1) is 19.6 Å². The molecule has 23 heavy (non-hydrogen) atoms. The van der Waals surface area contributed by atoms with Gasteiger partial charge in [0.1, 0.15) is 5.69 Å². The molecule has 0 spiro atoms. The van der Waals surface area contributed by atoms with Gasteiger partial charge in [-0.3, -0.25) is 4.79 Å². The summed E-state index contributed by atoms with van der Waals surface area (Å²) in [7, 11) is 1.53. The molecule has 0 aliphatic heterocycles. The molecule has 0 saturated carbocycles. The lowest BCUT2D eigenvalue weighted by molar-refractivity contribution is -0.116.